The van der Waals surface area contributed by atoms with Crippen LogP contribution >= 0.6 is 11.3 Å². The van der Waals surface area contributed by atoms with Gasteiger partial charge in [-0.05, 0) is 38.3 Å². The molecule has 2 N–H and O–H groups in total. The number of aryl methyl sites for hydroxylation is 2. The second-order valence-corrected chi connectivity index (χ2v) is 6.25. The van der Waals surface area contributed by atoms with Gasteiger partial charge < -0.3 is 5.11 Å². The van der Waals surface area contributed by atoms with Crippen molar-refractivity contribution in [1.29, 1.82) is 0 Å². The summed E-state index contributed by atoms with van der Waals surface area (Å²) < 4.78 is 0. The summed E-state index contributed by atoms with van der Waals surface area (Å²) in [6.45, 7) is 4.02. The van der Waals surface area contributed by atoms with E-state index < -0.39 is 12.0 Å². The van der Waals surface area contributed by atoms with E-state index in [0.29, 0.717) is 6.04 Å². The molecule has 0 bridgehead atoms. The van der Waals surface area contributed by atoms with Gasteiger partial charge in [-0.25, -0.2) is 0 Å². The number of aliphatic carboxylic acids is 1. The standard InChI is InChI=1S/C13H19NO2S/c1-8-7-11(9(2)17-8)12(13(15)16)14-10-5-3-4-6-10/h7,10,12,14H,3-6H2,1-2H3,(H,15,16). The summed E-state index contributed by atoms with van der Waals surface area (Å²) in [7, 11) is 0. The molecule has 0 spiro atoms. The predicted octanol–water partition coefficient (Wildman–Crippen LogP) is 3.02. The van der Waals surface area contributed by atoms with Crippen LogP contribution in [-0.2, 0) is 4.79 Å². The lowest BCUT2D eigenvalue weighted by atomic mass is 10.1. The van der Waals surface area contributed by atoms with E-state index in [1.807, 2.05) is 19.9 Å². The number of nitrogens with one attached hydrogen (secondary N) is 1. The fourth-order valence-electron chi connectivity index (χ4n) is 2.56. The zero-order valence-electron chi connectivity index (χ0n) is 10.3. The molecule has 1 fully saturated rings. The maximum Gasteiger partial charge on any atom is 0.325 e. The number of hydrogen-bond acceptors (Lipinski definition) is 3. The molecule has 0 aromatic carbocycles. The summed E-state index contributed by atoms with van der Waals surface area (Å²) >= 11 is 1.67. The Balaban J connectivity index is 2.16. The van der Waals surface area contributed by atoms with Crippen molar-refractivity contribution in [2.45, 2.75) is 51.6 Å². The van der Waals surface area contributed by atoms with Gasteiger partial charge in [0, 0.05) is 15.8 Å². The fraction of sp³-hybridized carbons (Fsp3) is 0.615. The summed E-state index contributed by atoms with van der Waals surface area (Å²) in [6.07, 6.45) is 4.63. The maximum absolute atomic E-state index is 11.4. The molecule has 0 aliphatic heterocycles. The smallest absolute Gasteiger partial charge is 0.325 e. The number of thiophene rings is 1. The average Bonchev–Trinajstić information content (AvgIpc) is 2.84. The van der Waals surface area contributed by atoms with Crippen molar-refractivity contribution < 1.29 is 9.90 Å². The van der Waals surface area contributed by atoms with Gasteiger partial charge in [-0.1, -0.05) is 12.8 Å². The van der Waals surface area contributed by atoms with Gasteiger partial charge in [0.25, 0.3) is 0 Å². The Hall–Kier alpha value is -0.870. The maximum atomic E-state index is 11.4. The van der Waals surface area contributed by atoms with Crippen molar-refractivity contribution in [3.05, 3.63) is 21.4 Å². The van der Waals surface area contributed by atoms with E-state index in [1.54, 1.807) is 11.3 Å². The highest BCUT2D eigenvalue weighted by Crippen LogP contribution is 2.29. The zero-order chi connectivity index (χ0) is 12.4. The summed E-state index contributed by atoms with van der Waals surface area (Å²) in [6, 6.07) is 1.83. The molecule has 0 saturated heterocycles. The van der Waals surface area contributed by atoms with Crippen LogP contribution in [0.3, 0.4) is 0 Å². The van der Waals surface area contributed by atoms with E-state index in [1.165, 1.54) is 17.7 Å². The molecule has 1 heterocycles. The Morgan fingerprint density at radius 1 is 1.47 bits per heavy atom. The third-order valence-corrected chi connectivity index (χ3v) is 4.38. The van der Waals surface area contributed by atoms with Crippen LogP contribution in [0, 0.1) is 13.8 Å². The normalized spacial score (nSPS) is 18.5. The average molecular weight is 253 g/mol. The number of carbonyl (C=O) groups is 1. The molecule has 2 rings (SSSR count). The predicted molar refractivity (Wildman–Crippen MR) is 69.6 cm³/mol. The molecule has 1 unspecified atom stereocenters. The van der Waals surface area contributed by atoms with Crippen molar-refractivity contribution in [2.24, 2.45) is 0 Å². The van der Waals surface area contributed by atoms with Gasteiger partial charge in [0.15, 0.2) is 0 Å². The van der Waals surface area contributed by atoms with Crippen LogP contribution in [0.5, 0.6) is 0 Å². The Bertz CT molecular complexity index is 408. The first-order chi connectivity index (χ1) is 8.08. The molecule has 1 atom stereocenters. The van der Waals surface area contributed by atoms with Crippen molar-refractivity contribution >= 4 is 17.3 Å². The van der Waals surface area contributed by atoms with Gasteiger partial charge in [0.2, 0.25) is 0 Å². The monoisotopic (exact) mass is 253 g/mol. The SMILES string of the molecule is Cc1cc(C(NC2CCCC2)C(=O)O)c(C)s1. The van der Waals surface area contributed by atoms with Crippen molar-refractivity contribution in [3.63, 3.8) is 0 Å². The fourth-order valence-corrected chi connectivity index (χ4v) is 3.52. The summed E-state index contributed by atoms with van der Waals surface area (Å²) in [5.41, 5.74) is 0.937. The van der Waals surface area contributed by atoms with Gasteiger partial charge in [-0.2, -0.15) is 0 Å². The highest BCUT2D eigenvalue weighted by molar-refractivity contribution is 7.12. The van der Waals surface area contributed by atoms with Gasteiger partial charge >= 0.3 is 5.97 Å². The van der Waals surface area contributed by atoms with Gasteiger partial charge in [0.05, 0.1) is 0 Å². The first-order valence-electron chi connectivity index (χ1n) is 6.13. The van der Waals surface area contributed by atoms with Crippen LogP contribution in [0.25, 0.3) is 0 Å². The summed E-state index contributed by atoms with van der Waals surface area (Å²) in [5.74, 6) is -0.766. The lowest BCUT2D eigenvalue weighted by molar-refractivity contribution is -0.139. The minimum Gasteiger partial charge on any atom is -0.480 e. The van der Waals surface area contributed by atoms with E-state index >= 15 is 0 Å². The van der Waals surface area contributed by atoms with Gasteiger partial charge in [-0.3, -0.25) is 10.1 Å². The Kier molecular flexibility index (Phi) is 3.84. The number of carboxylic acid groups (broad SMARTS) is 1. The highest BCUT2D eigenvalue weighted by atomic mass is 32.1. The summed E-state index contributed by atoms with van der Waals surface area (Å²) in [4.78, 5) is 13.7. The molecule has 1 saturated carbocycles. The van der Waals surface area contributed by atoms with E-state index in [0.717, 1.165) is 23.3 Å². The molecule has 1 aliphatic rings. The first kappa shape index (κ1) is 12.6. The van der Waals surface area contributed by atoms with E-state index in [-0.39, 0.29) is 0 Å². The second kappa shape index (κ2) is 5.19. The van der Waals surface area contributed by atoms with Crippen LogP contribution in [0.15, 0.2) is 6.07 Å². The third-order valence-electron chi connectivity index (χ3n) is 3.39. The lowest BCUT2D eigenvalue weighted by Gasteiger charge is -2.19. The molecular formula is C13H19NO2S. The zero-order valence-corrected chi connectivity index (χ0v) is 11.1. The molecule has 3 nitrogen and oxygen atoms in total. The Labute approximate surface area is 106 Å². The minimum atomic E-state index is -0.766. The molecule has 1 aromatic rings. The van der Waals surface area contributed by atoms with Crippen molar-refractivity contribution in [2.75, 3.05) is 0 Å². The first-order valence-corrected chi connectivity index (χ1v) is 6.95. The molecule has 0 radical (unpaired) electrons. The highest BCUT2D eigenvalue weighted by Gasteiger charge is 2.27. The Morgan fingerprint density at radius 3 is 2.59 bits per heavy atom. The molecule has 1 aromatic heterocycles. The second-order valence-electron chi connectivity index (χ2n) is 4.79. The van der Waals surface area contributed by atoms with Crippen LogP contribution < -0.4 is 5.32 Å². The van der Waals surface area contributed by atoms with E-state index in [4.69, 9.17) is 0 Å². The molecule has 0 amide bonds. The van der Waals surface area contributed by atoms with Crippen molar-refractivity contribution in [1.82, 2.24) is 5.32 Å². The topological polar surface area (TPSA) is 49.3 Å². The lowest BCUT2D eigenvalue weighted by Crippen LogP contribution is -2.35. The molecule has 17 heavy (non-hydrogen) atoms. The molecule has 4 heteroatoms. The van der Waals surface area contributed by atoms with Gasteiger partial charge in [-0.15, -0.1) is 11.3 Å². The largest absolute Gasteiger partial charge is 0.480 e. The van der Waals surface area contributed by atoms with Crippen LogP contribution in [0.2, 0.25) is 0 Å². The number of carboxylic acids is 1. The minimum absolute atomic E-state index is 0.371. The van der Waals surface area contributed by atoms with E-state index in [9.17, 15) is 9.90 Å². The van der Waals surface area contributed by atoms with Crippen LogP contribution in [-0.4, -0.2) is 17.1 Å². The molecule has 1 aliphatic carbocycles. The third kappa shape index (κ3) is 2.87. The molecular weight excluding hydrogens is 234 g/mol. The van der Waals surface area contributed by atoms with Crippen molar-refractivity contribution in [3.8, 4) is 0 Å². The molecule has 94 valence electrons. The quantitative estimate of drug-likeness (QED) is 0.867. The van der Waals surface area contributed by atoms with Gasteiger partial charge in [0.1, 0.15) is 6.04 Å². The van der Waals surface area contributed by atoms with E-state index in [2.05, 4.69) is 5.32 Å². The van der Waals surface area contributed by atoms with Crippen LogP contribution in [0.4, 0.5) is 0 Å². The number of rotatable bonds is 4. The summed E-state index contributed by atoms with van der Waals surface area (Å²) in [5, 5.41) is 12.7. The number of hydrogen-bond donors (Lipinski definition) is 2. The Morgan fingerprint density at radius 2 is 2.12 bits per heavy atom. The van der Waals surface area contributed by atoms with Crippen LogP contribution in [0.1, 0.15) is 47.0 Å².